The predicted molar refractivity (Wildman–Crippen MR) is 66.7 cm³/mol. The lowest BCUT2D eigenvalue weighted by Crippen LogP contribution is -2.47. The van der Waals surface area contributed by atoms with Crippen molar-refractivity contribution in [3.63, 3.8) is 0 Å². The first-order chi connectivity index (χ1) is 9.40. The van der Waals surface area contributed by atoms with E-state index in [0.717, 1.165) is 0 Å². The van der Waals surface area contributed by atoms with E-state index in [0.29, 0.717) is 38.3 Å². The molecule has 0 aromatic heterocycles. The topological polar surface area (TPSA) is 60.9 Å². The molecule has 1 aliphatic heterocycles. The monoisotopic (exact) mass is 284 g/mol. The molecule has 0 unspecified atom stereocenters. The second kappa shape index (κ2) is 5.54. The molecule has 1 aliphatic rings. The number of aromatic carboxylic acids is 1. The SMILES string of the molecule is CN1CCN(C(=O)c2cc(F)c(F)cc2C(=O)O)CC1. The number of benzene rings is 1. The van der Waals surface area contributed by atoms with E-state index in [1.54, 1.807) is 0 Å². The van der Waals surface area contributed by atoms with Crippen LogP contribution in [0.3, 0.4) is 0 Å². The van der Waals surface area contributed by atoms with Crippen molar-refractivity contribution in [2.24, 2.45) is 0 Å². The third kappa shape index (κ3) is 2.77. The number of amides is 1. The quantitative estimate of drug-likeness (QED) is 0.882. The molecular weight excluding hydrogens is 270 g/mol. The zero-order valence-corrected chi connectivity index (χ0v) is 10.9. The molecule has 1 amide bonds. The van der Waals surface area contributed by atoms with Gasteiger partial charge in [-0.1, -0.05) is 0 Å². The molecule has 5 nitrogen and oxygen atoms in total. The van der Waals surface area contributed by atoms with Gasteiger partial charge < -0.3 is 14.9 Å². The van der Waals surface area contributed by atoms with Gasteiger partial charge in [0.25, 0.3) is 5.91 Å². The Morgan fingerprint density at radius 3 is 2.05 bits per heavy atom. The van der Waals surface area contributed by atoms with Crippen LogP contribution in [0, 0.1) is 11.6 Å². The van der Waals surface area contributed by atoms with Crippen LogP contribution in [0.1, 0.15) is 20.7 Å². The lowest BCUT2D eigenvalue weighted by Gasteiger charge is -2.32. The van der Waals surface area contributed by atoms with E-state index in [1.165, 1.54) is 4.90 Å². The molecule has 0 atom stereocenters. The number of piperazine rings is 1. The second-order valence-electron chi connectivity index (χ2n) is 4.71. The van der Waals surface area contributed by atoms with Gasteiger partial charge in [-0.3, -0.25) is 4.79 Å². The first-order valence-corrected chi connectivity index (χ1v) is 6.10. The first kappa shape index (κ1) is 14.4. The summed E-state index contributed by atoms with van der Waals surface area (Å²) in [4.78, 5) is 26.8. The van der Waals surface area contributed by atoms with Gasteiger partial charge in [-0.2, -0.15) is 0 Å². The summed E-state index contributed by atoms with van der Waals surface area (Å²) in [6, 6.07) is 1.19. The minimum atomic E-state index is -1.46. The molecule has 0 spiro atoms. The molecule has 2 rings (SSSR count). The van der Waals surface area contributed by atoms with E-state index in [-0.39, 0.29) is 5.56 Å². The molecule has 1 saturated heterocycles. The average Bonchev–Trinajstić information content (AvgIpc) is 2.41. The van der Waals surface area contributed by atoms with Crippen molar-refractivity contribution in [2.75, 3.05) is 33.2 Å². The summed E-state index contributed by atoms with van der Waals surface area (Å²) in [6.45, 7) is 2.15. The van der Waals surface area contributed by atoms with Crippen LogP contribution in [0.4, 0.5) is 8.78 Å². The number of carbonyl (C=O) groups is 2. The Hall–Kier alpha value is -2.02. The first-order valence-electron chi connectivity index (χ1n) is 6.10. The summed E-state index contributed by atoms with van der Waals surface area (Å²) < 4.78 is 26.4. The number of rotatable bonds is 2. The molecule has 7 heteroatoms. The summed E-state index contributed by atoms with van der Waals surface area (Å²) in [5.41, 5.74) is -0.839. The number of carboxylic acids is 1. The van der Waals surface area contributed by atoms with Gasteiger partial charge in [0.2, 0.25) is 0 Å². The minimum Gasteiger partial charge on any atom is -0.478 e. The highest BCUT2D eigenvalue weighted by molar-refractivity contribution is 6.04. The van der Waals surface area contributed by atoms with Crippen LogP contribution < -0.4 is 0 Å². The lowest BCUT2D eigenvalue weighted by molar-refractivity contribution is 0.0634. The summed E-state index contributed by atoms with van der Waals surface area (Å²) >= 11 is 0. The van der Waals surface area contributed by atoms with E-state index in [4.69, 9.17) is 5.11 Å². The number of likely N-dealkylation sites (N-methyl/N-ethyl adjacent to an activating group) is 1. The van der Waals surface area contributed by atoms with Gasteiger partial charge in [-0.05, 0) is 19.2 Å². The van der Waals surface area contributed by atoms with Crippen molar-refractivity contribution in [1.29, 1.82) is 0 Å². The zero-order chi connectivity index (χ0) is 14.9. The number of hydrogen-bond donors (Lipinski definition) is 1. The molecule has 0 bridgehead atoms. The van der Waals surface area contributed by atoms with Crippen molar-refractivity contribution in [1.82, 2.24) is 9.80 Å². The van der Waals surface area contributed by atoms with Gasteiger partial charge in [0.05, 0.1) is 11.1 Å². The summed E-state index contributed by atoms with van der Waals surface area (Å²) in [6.07, 6.45) is 0. The fraction of sp³-hybridized carbons (Fsp3) is 0.385. The van der Waals surface area contributed by atoms with E-state index < -0.39 is 29.1 Å². The molecule has 0 aliphatic carbocycles. The molecule has 1 aromatic carbocycles. The summed E-state index contributed by atoms with van der Waals surface area (Å²) in [5.74, 6) is -4.56. The molecule has 20 heavy (non-hydrogen) atoms. The number of hydrogen-bond acceptors (Lipinski definition) is 3. The fourth-order valence-electron chi connectivity index (χ4n) is 2.08. The number of carboxylic acid groups (broad SMARTS) is 1. The standard InChI is InChI=1S/C13H14F2N2O3/c1-16-2-4-17(5-3-16)12(18)8-6-10(14)11(15)7-9(8)13(19)20/h6-7H,2-5H2,1H3,(H,19,20). The molecule has 108 valence electrons. The summed E-state index contributed by atoms with van der Waals surface area (Å²) in [5, 5.41) is 9.00. The zero-order valence-electron chi connectivity index (χ0n) is 10.9. The van der Waals surface area contributed by atoms with Crippen LogP contribution in [0.25, 0.3) is 0 Å². The minimum absolute atomic E-state index is 0.319. The van der Waals surface area contributed by atoms with E-state index in [1.807, 2.05) is 11.9 Å². The Bertz CT molecular complexity index is 555. The molecule has 1 fully saturated rings. The Kier molecular flexibility index (Phi) is 3.99. The maximum atomic E-state index is 13.3. The Morgan fingerprint density at radius 2 is 1.55 bits per heavy atom. The Morgan fingerprint density at radius 1 is 1.05 bits per heavy atom. The second-order valence-corrected chi connectivity index (χ2v) is 4.71. The largest absolute Gasteiger partial charge is 0.478 e. The van der Waals surface area contributed by atoms with Crippen LogP contribution in [0.15, 0.2) is 12.1 Å². The molecule has 0 saturated carbocycles. The molecular formula is C13H14F2N2O3. The van der Waals surface area contributed by atoms with Crippen molar-refractivity contribution < 1.29 is 23.5 Å². The lowest BCUT2D eigenvalue weighted by atomic mass is 10.1. The van der Waals surface area contributed by atoms with Crippen LogP contribution >= 0.6 is 0 Å². The van der Waals surface area contributed by atoms with E-state index >= 15 is 0 Å². The van der Waals surface area contributed by atoms with Gasteiger partial charge in [-0.25, -0.2) is 13.6 Å². The molecule has 1 heterocycles. The normalized spacial score (nSPS) is 16.2. The van der Waals surface area contributed by atoms with Crippen LogP contribution in [0.2, 0.25) is 0 Å². The highest BCUT2D eigenvalue weighted by atomic mass is 19.2. The van der Waals surface area contributed by atoms with Crippen molar-refractivity contribution >= 4 is 11.9 Å². The number of carbonyl (C=O) groups excluding carboxylic acids is 1. The third-order valence-corrected chi connectivity index (χ3v) is 3.31. The number of nitrogens with zero attached hydrogens (tertiary/aromatic N) is 2. The van der Waals surface area contributed by atoms with Gasteiger partial charge in [0.1, 0.15) is 0 Å². The van der Waals surface area contributed by atoms with Gasteiger partial charge >= 0.3 is 5.97 Å². The van der Waals surface area contributed by atoms with Crippen LogP contribution in [-0.4, -0.2) is 60.0 Å². The van der Waals surface area contributed by atoms with Crippen LogP contribution in [0.5, 0.6) is 0 Å². The Balaban J connectivity index is 2.34. The van der Waals surface area contributed by atoms with Crippen molar-refractivity contribution in [2.45, 2.75) is 0 Å². The average molecular weight is 284 g/mol. The smallest absolute Gasteiger partial charge is 0.336 e. The third-order valence-electron chi connectivity index (χ3n) is 3.31. The van der Waals surface area contributed by atoms with E-state index in [9.17, 15) is 18.4 Å². The maximum Gasteiger partial charge on any atom is 0.336 e. The molecule has 0 radical (unpaired) electrons. The van der Waals surface area contributed by atoms with Crippen molar-refractivity contribution in [3.05, 3.63) is 34.9 Å². The molecule has 1 aromatic rings. The highest BCUT2D eigenvalue weighted by Gasteiger charge is 2.26. The van der Waals surface area contributed by atoms with Gasteiger partial charge in [0.15, 0.2) is 11.6 Å². The maximum absolute atomic E-state index is 13.3. The highest BCUT2D eigenvalue weighted by Crippen LogP contribution is 2.18. The summed E-state index contributed by atoms with van der Waals surface area (Å²) in [7, 11) is 1.90. The van der Waals surface area contributed by atoms with Crippen LogP contribution in [-0.2, 0) is 0 Å². The van der Waals surface area contributed by atoms with Gasteiger partial charge in [0, 0.05) is 26.2 Å². The molecule has 1 N–H and O–H groups in total. The van der Waals surface area contributed by atoms with Gasteiger partial charge in [-0.15, -0.1) is 0 Å². The Labute approximate surface area is 114 Å². The van der Waals surface area contributed by atoms with E-state index in [2.05, 4.69) is 0 Å². The fourth-order valence-corrected chi connectivity index (χ4v) is 2.08. The predicted octanol–water partition coefficient (Wildman–Crippen LogP) is 1.05. The van der Waals surface area contributed by atoms with Crippen molar-refractivity contribution in [3.8, 4) is 0 Å². The number of halogens is 2.